The Hall–Kier alpha value is -0.570. The third-order valence-corrected chi connectivity index (χ3v) is 3.12. The fourth-order valence-corrected chi connectivity index (χ4v) is 2.51. The van der Waals surface area contributed by atoms with Gasteiger partial charge in [0.15, 0.2) is 0 Å². The number of hydrogen-bond donors (Lipinski definition) is 1. The van der Waals surface area contributed by atoms with E-state index in [2.05, 4.69) is 39.9 Å². The molecule has 2 atom stereocenters. The van der Waals surface area contributed by atoms with Gasteiger partial charge in [-0.05, 0) is 25.7 Å². The molecular weight excluding hydrogens is 200 g/mol. The van der Waals surface area contributed by atoms with Crippen LogP contribution in [0.25, 0.3) is 0 Å². The fraction of sp³-hybridized carbons (Fsp3) is 0.923. The van der Waals surface area contributed by atoms with E-state index in [9.17, 15) is 4.79 Å². The summed E-state index contributed by atoms with van der Waals surface area (Å²) in [6.45, 7) is 11.7. The molecule has 3 nitrogen and oxygen atoms in total. The largest absolute Gasteiger partial charge is 0.339 e. The van der Waals surface area contributed by atoms with E-state index in [4.69, 9.17) is 0 Å². The van der Waals surface area contributed by atoms with Crippen LogP contribution in [0.1, 0.15) is 47.5 Å². The summed E-state index contributed by atoms with van der Waals surface area (Å²) in [6, 6.07) is 0.815. The normalized spacial score (nSPS) is 23.6. The number of rotatable bonds is 5. The number of carbonyl (C=O) groups excluding carboxylic acids is 1. The molecule has 0 aromatic carbocycles. The van der Waals surface area contributed by atoms with Gasteiger partial charge in [-0.3, -0.25) is 4.79 Å². The van der Waals surface area contributed by atoms with Crippen molar-refractivity contribution in [1.82, 2.24) is 10.2 Å². The van der Waals surface area contributed by atoms with Crippen LogP contribution in [-0.4, -0.2) is 35.5 Å². The summed E-state index contributed by atoms with van der Waals surface area (Å²) in [4.78, 5) is 14.2. The van der Waals surface area contributed by atoms with Gasteiger partial charge in [0.1, 0.15) is 0 Å². The standard InChI is InChI=1S/C13H26N2O/c1-9(2)8-11(5)15-7-6-12(13(15)16)14-10(3)4/h9-12,14H,6-8H2,1-5H3. The highest BCUT2D eigenvalue weighted by Gasteiger charge is 2.34. The molecule has 1 saturated heterocycles. The Morgan fingerprint density at radius 3 is 2.44 bits per heavy atom. The van der Waals surface area contributed by atoms with Crippen LogP contribution in [-0.2, 0) is 4.79 Å². The van der Waals surface area contributed by atoms with Crippen LogP contribution >= 0.6 is 0 Å². The van der Waals surface area contributed by atoms with E-state index in [1.54, 1.807) is 0 Å². The first-order chi connectivity index (χ1) is 7.41. The summed E-state index contributed by atoms with van der Waals surface area (Å²) in [5, 5.41) is 3.34. The maximum atomic E-state index is 12.1. The number of nitrogens with zero attached hydrogens (tertiary/aromatic N) is 1. The van der Waals surface area contributed by atoms with Crippen molar-refractivity contribution in [3.8, 4) is 0 Å². The molecule has 0 spiro atoms. The van der Waals surface area contributed by atoms with Gasteiger partial charge in [-0.25, -0.2) is 0 Å². The molecule has 1 rings (SSSR count). The maximum absolute atomic E-state index is 12.1. The zero-order chi connectivity index (χ0) is 12.3. The van der Waals surface area contributed by atoms with Gasteiger partial charge < -0.3 is 10.2 Å². The number of nitrogens with one attached hydrogen (secondary N) is 1. The molecule has 1 aliphatic rings. The van der Waals surface area contributed by atoms with E-state index in [1.807, 2.05) is 4.90 Å². The molecule has 0 aromatic heterocycles. The van der Waals surface area contributed by atoms with E-state index in [1.165, 1.54) is 0 Å². The van der Waals surface area contributed by atoms with Crippen molar-refractivity contribution in [1.29, 1.82) is 0 Å². The Balaban J connectivity index is 2.50. The van der Waals surface area contributed by atoms with Crippen molar-refractivity contribution in [2.24, 2.45) is 5.92 Å². The highest BCUT2D eigenvalue weighted by Crippen LogP contribution is 2.19. The van der Waals surface area contributed by atoms with Gasteiger partial charge in [-0.15, -0.1) is 0 Å². The SMILES string of the molecule is CC(C)CC(C)N1CCC(NC(C)C)C1=O. The lowest BCUT2D eigenvalue weighted by molar-refractivity contribution is -0.131. The van der Waals surface area contributed by atoms with Crippen molar-refractivity contribution in [3.05, 3.63) is 0 Å². The van der Waals surface area contributed by atoms with Crippen LogP contribution in [0.15, 0.2) is 0 Å². The van der Waals surface area contributed by atoms with Crippen LogP contribution in [0.2, 0.25) is 0 Å². The molecule has 0 bridgehead atoms. The second-order valence-corrected chi connectivity index (χ2v) is 5.67. The summed E-state index contributed by atoms with van der Waals surface area (Å²) in [7, 11) is 0. The molecule has 1 heterocycles. The molecule has 1 N–H and O–H groups in total. The number of amides is 1. The minimum Gasteiger partial charge on any atom is -0.339 e. The van der Waals surface area contributed by atoms with E-state index < -0.39 is 0 Å². The molecule has 0 aromatic rings. The summed E-state index contributed by atoms with van der Waals surface area (Å²) in [5.74, 6) is 0.946. The fourth-order valence-electron chi connectivity index (χ4n) is 2.51. The van der Waals surface area contributed by atoms with Crippen LogP contribution in [0.3, 0.4) is 0 Å². The molecule has 1 fully saturated rings. The van der Waals surface area contributed by atoms with Gasteiger partial charge >= 0.3 is 0 Å². The first-order valence-electron chi connectivity index (χ1n) is 6.48. The molecule has 1 amide bonds. The Bertz CT molecular complexity index is 238. The lowest BCUT2D eigenvalue weighted by Gasteiger charge is -2.26. The molecular formula is C13H26N2O. The molecule has 94 valence electrons. The third-order valence-electron chi connectivity index (χ3n) is 3.12. The highest BCUT2D eigenvalue weighted by atomic mass is 16.2. The number of likely N-dealkylation sites (tertiary alicyclic amines) is 1. The molecule has 0 saturated carbocycles. The Labute approximate surface area is 99.6 Å². The molecule has 0 aliphatic carbocycles. The van der Waals surface area contributed by atoms with Gasteiger partial charge in [0, 0.05) is 18.6 Å². The molecule has 1 aliphatic heterocycles. The van der Waals surface area contributed by atoms with Gasteiger partial charge in [0.25, 0.3) is 0 Å². The summed E-state index contributed by atoms with van der Waals surface area (Å²) in [5.41, 5.74) is 0. The van der Waals surface area contributed by atoms with E-state index in [0.29, 0.717) is 23.9 Å². The molecule has 16 heavy (non-hydrogen) atoms. The monoisotopic (exact) mass is 226 g/mol. The van der Waals surface area contributed by atoms with E-state index in [-0.39, 0.29) is 6.04 Å². The van der Waals surface area contributed by atoms with E-state index >= 15 is 0 Å². The summed E-state index contributed by atoms with van der Waals surface area (Å²) in [6.07, 6.45) is 2.06. The molecule has 0 radical (unpaired) electrons. The molecule has 3 heteroatoms. The van der Waals surface area contributed by atoms with E-state index in [0.717, 1.165) is 19.4 Å². The Kier molecular flexibility index (Phi) is 4.78. The van der Waals surface area contributed by atoms with Gasteiger partial charge in [0.05, 0.1) is 6.04 Å². The van der Waals surface area contributed by atoms with Crippen molar-refractivity contribution >= 4 is 5.91 Å². The van der Waals surface area contributed by atoms with Crippen LogP contribution in [0.4, 0.5) is 0 Å². The van der Waals surface area contributed by atoms with Crippen molar-refractivity contribution in [3.63, 3.8) is 0 Å². The zero-order valence-electron chi connectivity index (χ0n) is 11.3. The van der Waals surface area contributed by atoms with Crippen LogP contribution in [0, 0.1) is 5.92 Å². The topological polar surface area (TPSA) is 32.3 Å². The van der Waals surface area contributed by atoms with Crippen molar-refractivity contribution < 1.29 is 4.79 Å². The predicted octanol–water partition coefficient (Wildman–Crippen LogP) is 2.02. The number of carbonyl (C=O) groups is 1. The maximum Gasteiger partial charge on any atom is 0.240 e. The minimum absolute atomic E-state index is 0.0506. The smallest absolute Gasteiger partial charge is 0.240 e. The first-order valence-corrected chi connectivity index (χ1v) is 6.48. The van der Waals surface area contributed by atoms with Crippen molar-refractivity contribution in [2.75, 3.05) is 6.54 Å². The van der Waals surface area contributed by atoms with Gasteiger partial charge in [-0.1, -0.05) is 27.7 Å². The van der Waals surface area contributed by atoms with Crippen LogP contribution < -0.4 is 5.32 Å². The lowest BCUT2D eigenvalue weighted by Crippen LogP contribution is -2.44. The second kappa shape index (κ2) is 5.67. The van der Waals surface area contributed by atoms with Gasteiger partial charge in [-0.2, -0.15) is 0 Å². The number of hydrogen-bond acceptors (Lipinski definition) is 2. The first kappa shape index (κ1) is 13.5. The average molecular weight is 226 g/mol. The van der Waals surface area contributed by atoms with Crippen molar-refractivity contribution in [2.45, 2.75) is 65.6 Å². The third kappa shape index (κ3) is 3.48. The quantitative estimate of drug-likeness (QED) is 0.778. The predicted molar refractivity (Wildman–Crippen MR) is 67.3 cm³/mol. The van der Waals surface area contributed by atoms with Gasteiger partial charge in [0.2, 0.25) is 5.91 Å². The summed E-state index contributed by atoms with van der Waals surface area (Å²) < 4.78 is 0. The zero-order valence-corrected chi connectivity index (χ0v) is 11.3. The van der Waals surface area contributed by atoms with Crippen LogP contribution in [0.5, 0.6) is 0 Å². The minimum atomic E-state index is 0.0506. The summed E-state index contributed by atoms with van der Waals surface area (Å²) >= 11 is 0. The molecule has 2 unspecified atom stereocenters. The highest BCUT2D eigenvalue weighted by molar-refractivity contribution is 5.84. The lowest BCUT2D eigenvalue weighted by atomic mass is 10.0. The Morgan fingerprint density at radius 1 is 1.31 bits per heavy atom. The average Bonchev–Trinajstić information content (AvgIpc) is 2.46. The second-order valence-electron chi connectivity index (χ2n) is 5.67. The Morgan fingerprint density at radius 2 is 1.94 bits per heavy atom.